The van der Waals surface area contributed by atoms with E-state index in [1.807, 2.05) is 40.9 Å². The monoisotopic (exact) mass is 330 g/mol. The van der Waals surface area contributed by atoms with Gasteiger partial charge in [-0.05, 0) is 36.8 Å². The Bertz CT molecular complexity index is 722. The lowest BCUT2D eigenvalue weighted by Gasteiger charge is -2.12. The molecule has 20 heavy (non-hydrogen) atoms. The van der Waals surface area contributed by atoms with E-state index >= 15 is 0 Å². The average Bonchev–Trinajstić information content (AvgIpc) is 2.89. The van der Waals surface area contributed by atoms with Gasteiger partial charge in [-0.2, -0.15) is 0 Å². The number of halogens is 1. The van der Waals surface area contributed by atoms with E-state index in [1.165, 1.54) is 5.56 Å². The van der Waals surface area contributed by atoms with Gasteiger partial charge in [0.2, 0.25) is 0 Å². The quantitative estimate of drug-likeness (QED) is 0.797. The summed E-state index contributed by atoms with van der Waals surface area (Å²) in [5.41, 5.74) is 2.11. The van der Waals surface area contributed by atoms with E-state index in [0.717, 1.165) is 22.5 Å². The Kier molecular flexibility index (Phi) is 3.80. The molecule has 2 heterocycles. The van der Waals surface area contributed by atoms with Gasteiger partial charge in [-0.3, -0.25) is 4.40 Å². The van der Waals surface area contributed by atoms with E-state index in [9.17, 15) is 0 Å². The van der Waals surface area contributed by atoms with Crippen molar-refractivity contribution in [1.29, 1.82) is 0 Å². The van der Waals surface area contributed by atoms with Crippen LogP contribution in [0.25, 0.3) is 5.65 Å². The van der Waals surface area contributed by atoms with Crippen LogP contribution in [0.3, 0.4) is 0 Å². The third-order valence-corrected chi connectivity index (χ3v) is 3.72. The average molecular weight is 331 g/mol. The number of aromatic nitrogens is 3. The molecule has 0 aliphatic rings. The van der Waals surface area contributed by atoms with E-state index in [1.54, 1.807) is 0 Å². The van der Waals surface area contributed by atoms with Gasteiger partial charge in [-0.1, -0.05) is 34.1 Å². The molecule has 1 atom stereocenters. The van der Waals surface area contributed by atoms with Gasteiger partial charge < -0.3 is 5.32 Å². The van der Waals surface area contributed by atoms with Crippen molar-refractivity contribution in [2.45, 2.75) is 19.5 Å². The van der Waals surface area contributed by atoms with Crippen LogP contribution in [-0.4, -0.2) is 14.6 Å². The summed E-state index contributed by atoms with van der Waals surface area (Å²) in [5.74, 6) is 0.926. The lowest BCUT2D eigenvalue weighted by Crippen LogP contribution is -2.20. The summed E-state index contributed by atoms with van der Waals surface area (Å²) < 4.78 is 3.11. The number of nitrogens with one attached hydrogen (secondary N) is 1. The number of hydrogen-bond donors (Lipinski definition) is 1. The maximum Gasteiger partial charge on any atom is 0.160 e. The minimum absolute atomic E-state index is 0.131. The standard InChI is InChI=1S/C15H15BrN4/c1-11(17-10-12-5-4-6-13(16)9-12)15-19-18-14-7-2-3-8-20(14)15/h2-9,11,17H,10H2,1H3/t11-/m1/s1. The normalized spacial score (nSPS) is 12.7. The fourth-order valence-corrected chi connectivity index (χ4v) is 2.61. The molecule has 0 spiro atoms. The van der Waals surface area contributed by atoms with Crippen molar-refractivity contribution < 1.29 is 0 Å². The molecule has 0 fully saturated rings. The number of nitrogens with zero attached hydrogens (tertiary/aromatic N) is 3. The molecular formula is C15H15BrN4. The highest BCUT2D eigenvalue weighted by Gasteiger charge is 2.12. The highest BCUT2D eigenvalue weighted by molar-refractivity contribution is 9.10. The van der Waals surface area contributed by atoms with Gasteiger partial charge in [-0.25, -0.2) is 0 Å². The molecule has 0 unspecified atom stereocenters. The van der Waals surface area contributed by atoms with Crippen LogP contribution >= 0.6 is 15.9 Å². The number of hydrogen-bond acceptors (Lipinski definition) is 3. The van der Waals surface area contributed by atoms with Gasteiger partial charge in [0.05, 0.1) is 6.04 Å². The summed E-state index contributed by atoms with van der Waals surface area (Å²) in [4.78, 5) is 0. The second kappa shape index (κ2) is 5.73. The molecule has 3 aromatic rings. The first-order valence-electron chi connectivity index (χ1n) is 6.51. The minimum Gasteiger partial charge on any atom is -0.303 e. The van der Waals surface area contributed by atoms with Gasteiger partial charge in [0.25, 0.3) is 0 Å². The second-order valence-corrected chi connectivity index (χ2v) is 5.64. The van der Waals surface area contributed by atoms with Gasteiger partial charge in [0.15, 0.2) is 11.5 Å². The zero-order chi connectivity index (χ0) is 13.9. The maximum atomic E-state index is 4.27. The molecule has 0 aliphatic carbocycles. The number of rotatable bonds is 4. The van der Waals surface area contributed by atoms with Crippen LogP contribution in [-0.2, 0) is 6.54 Å². The molecule has 0 amide bonds. The Morgan fingerprint density at radius 3 is 2.95 bits per heavy atom. The zero-order valence-corrected chi connectivity index (χ0v) is 12.7. The molecule has 102 valence electrons. The summed E-state index contributed by atoms with van der Waals surface area (Å²) in [7, 11) is 0. The Morgan fingerprint density at radius 2 is 2.10 bits per heavy atom. The van der Waals surface area contributed by atoms with Crippen LogP contribution in [0.5, 0.6) is 0 Å². The Balaban J connectivity index is 1.75. The Hall–Kier alpha value is -1.72. The number of fused-ring (bicyclic) bond motifs is 1. The largest absolute Gasteiger partial charge is 0.303 e. The van der Waals surface area contributed by atoms with Crippen LogP contribution in [0.15, 0.2) is 53.1 Å². The smallest absolute Gasteiger partial charge is 0.160 e. The van der Waals surface area contributed by atoms with Gasteiger partial charge in [0.1, 0.15) is 0 Å². The second-order valence-electron chi connectivity index (χ2n) is 4.72. The molecule has 0 saturated heterocycles. The SMILES string of the molecule is C[C@@H](NCc1cccc(Br)c1)c1nnc2ccccn12. The third-order valence-electron chi connectivity index (χ3n) is 3.23. The molecule has 0 bridgehead atoms. The van der Waals surface area contributed by atoms with E-state index in [4.69, 9.17) is 0 Å². The first-order chi connectivity index (χ1) is 9.74. The fraction of sp³-hybridized carbons (Fsp3) is 0.200. The van der Waals surface area contributed by atoms with Gasteiger partial charge in [-0.15, -0.1) is 10.2 Å². The van der Waals surface area contributed by atoms with Crippen molar-refractivity contribution in [2.24, 2.45) is 0 Å². The van der Waals surface area contributed by atoms with Crippen molar-refractivity contribution in [3.63, 3.8) is 0 Å². The zero-order valence-electron chi connectivity index (χ0n) is 11.1. The number of pyridine rings is 1. The van der Waals surface area contributed by atoms with Crippen molar-refractivity contribution in [3.05, 3.63) is 64.5 Å². The first-order valence-corrected chi connectivity index (χ1v) is 7.31. The molecule has 2 aromatic heterocycles. The fourth-order valence-electron chi connectivity index (χ4n) is 2.16. The molecule has 0 radical (unpaired) electrons. The Labute approximate surface area is 126 Å². The molecule has 1 aromatic carbocycles. The van der Waals surface area contributed by atoms with Crippen LogP contribution in [0.2, 0.25) is 0 Å². The molecule has 3 rings (SSSR count). The highest BCUT2D eigenvalue weighted by atomic mass is 79.9. The summed E-state index contributed by atoms with van der Waals surface area (Å²) in [6.45, 7) is 2.89. The molecular weight excluding hydrogens is 316 g/mol. The summed E-state index contributed by atoms with van der Waals surface area (Å²) in [6.07, 6.45) is 1.99. The van der Waals surface area contributed by atoms with E-state index in [0.29, 0.717) is 0 Å². The van der Waals surface area contributed by atoms with Crippen LogP contribution < -0.4 is 5.32 Å². The van der Waals surface area contributed by atoms with Crippen LogP contribution in [0.4, 0.5) is 0 Å². The first kappa shape index (κ1) is 13.3. The van der Waals surface area contributed by atoms with Crippen molar-refractivity contribution in [2.75, 3.05) is 0 Å². The Morgan fingerprint density at radius 1 is 1.20 bits per heavy atom. The van der Waals surface area contributed by atoms with Crippen LogP contribution in [0.1, 0.15) is 24.4 Å². The predicted octanol–water partition coefficient (Wildman–Crippen LogP) is 3.34. The van der Waals surface area contributed by atoms with Crippen molar-refractivity contribution in [3.8, 4) is 0 Å². The van der Waals surface area contributed by atoms with E-state index < -0.39 is 0 Å². The predicted molar refractivity (Wildman–Crippen MR) is 82.4 cm³/mol. The van der Waals surface area contributed by atoms with Crippen LogP contribution in [0, 0.1) is 0 Å². The summed E-state index contributed by atoms with van der Waals surface area (Å²) in [5, 5.41) is 11.9. The van der Waals surface area contributed by atoms with E-state index in [2.05, 4.69) is 50.5 Å². The molecule has 0 saturated carbocycles. The lowest BCUT2D eigenvalue weighted by molar-refractivity contribution is 0.541. The van der Waals surface area contributed by atoms with Gasteiger partial charge >= 0.3 is 0 Å². The van der Waals surface area contributed by atoms with E-state index in [-0.39, 0.29) is 6.04 Å². The van der Waals surface area contributed by atoms with Crippen molar-refractivity contribution >= 4 is 21.6 Å². The lowest BCUT2D eigenvalue weighted by atomic mass is 10.2. The minimum atomic E-state index is 0.131. The molecule has 0 aliphatic heterocycles. The highest BCUT2D eigenvalue weighted by Crippen LogP contribution is 2.15. The maximum absolute atomic E-state index is 4.27. The third kappa shape index (κ3) is 2.73. The summed E-state index contributed by atoms with van der Waals surface area (Å²) in [6, 6.07) is 14.3. The molecule has 5 heteroatoms. The van der Waals surface area contributed by atoms with Gasteiger partial charge in [0, 0.05) is 17.2 Å². The summed E-state index contributed by atoms with van der Waals surface area (Å²) >= 11 is 3.49. The topological polar surface area (TPSA) is 42.2 Å². The molecule has 1 N–H and O–H groups in total. The van der Waals surface area contributed by atoms with Crippen molar-refractivity contribution in [1.82, 2.24) is 19.9 Å². The molecule has 4 nitrogen and oxygen atoms in total. The number of benzene rings is 1.